The molecule has 0 bridgehead atoms. The van der Waals surface area contributed by atoms with Gasteiger partial charge in [-0.2, -0.15) is 0 Å². The molecule has 0 aromatic rings. The van der Waals surface area contributed by atoms with E-state index in [1.54, 1.807) is 13.0 Å². The van der Waals surface area contributed by atoms with Gasteiger partial charge in [-0.3, -0.25) is 4.79 Å². The Kier molecular flexibility index (Phi) is 3.88. The van der Waals surface area contributed by atoms with Crippen LogP contribution in [0.4, 0.5) is 0 Å². The lowest BCUT2D eigenvalue weighted by Crippen LogP contribution is -2.19. The second-order valence-electron chi connectivity index (χ2n) is 1.21. The molecule has 3 nitrogen and oxygen atoms in total. The van der Waals surface area contributed by atoms with Gasteiger partial charge in [0.1, 0.15) is 0 Å². The standard InChI is InChI=1S/C5H8NO2/c1-2-3-6-5(8)4-7/h2-3H,4H2,1H3,(H,6,8)/b3-2-. The Balaban J connectivity index is 3.25. The van der Waals surface area contributed by atoms with Crippen LogP contribution in [0.25, 0.3) is 0 Å². The normalized spacial score (nSPS) is 9.75. The van der Waals surface area contributed by atoms with Crippen LogP contribution in [0, 0.1) is 0 Å². The van der Waals surface area contributed by atoms with Crippen LogP contribution in [0.3, 0.4) is 0 Å². The van der Waals surface area contributed by atoms with Gasteiger partial charge < -0.3 is 5.32 Å². The first-order valence-electron chi connectivity index (χ1n) is 2.30. The maximum Gasteiger partial charge on any atom is 0.253 e. The quantitative estimate of drug-likeness (QED) is 0.542. The minimum absolute atomic E-state index is 0.497. The third kappa shape index (κ3) is 3.36. The number of rotatable bonds is 2. The van der Waals surface area contributed by atoms with Gasteiger partial charge in [0.15, 0.2) is 6.61 Å². The number of allylic oxidation sites excluding steroid dienone is 1. The Hall–Kier alpha value is -0.830. The number of amides is 1. The van der Waals surface area contributed by atoms with E-state index in [1.165, 1.54) is 6.20 Å². The maximum atomic E-state index is 10.1. The van der Waals surface area contributed by atoms with Gasteiger partial charge in [-0.1, -0.05) is 6.08 Å². The summed E-state index contributed by atoms with van der Waals surface area (Å²) in [4.78, 5) is 10.1. The first-order chi connectivity index (χ1) is 3.81. The van der Waals surface area contributed by atoms with Crippen LogP contribution in [0.5, 0.6) is 0 Å². The van der Waals surface area contributed by atoms with E-state index in [4.69, 9.17) is 0 Å². The van der Waals surface area contributed by atoms with Gasteiger partial charge in [0, 0.05) is 0 Å². The molecule has 0 atom stereocenters. The Morgan fingerprint density at radius 2 is 2.38 bits per heavy atom. The molecule has 0 aliphatic carbocycles. The number of carbonyl (C=O) groups is 1. The van der Waals surface area contributed by atoms with Crippen LogP contribution >= 0.6 is 0 Å². The first kappa shape index (κ1) is 7.17. The van der Waals surface area contributed by atoms with Crippen molar-refractivity contribution in [1.82, 2.24) is 5.32 Å². The van der Waals surface area contributed by atoms with E-state index in [0.717, 1.165) is 0 Å². The van der Waals surface area contributed by atoms with Gasteiger partial charge in [-0.15, -0.1) is 0 Å². The molecule has 1 radical (unpaired) electrons. The zero-order valence-electron chi connectivity index (χ0n) is 4.68. The van der Waals surface area contributed by atoms with E-state index in [0.29, 0.717) is 0 Å². The highest BCUT2D eigenvalue weighted by molar-refractivity contribution is 5.77. The van der Waals surface area contributed by atoms with Gasteiger partial charge in [-0.05, 0) is 13.1 Å². The molecule has 0 spiro atoms. The highest BCUT2D eigenvalue weighted by atomic mass is 16.3. The number of nitrogens with one attached hydrogen (secondary N) is 1. The van der Waals surface area contributed by atoms with Crippen molar-refractivity contribution in [3.05, 3.63) is 12.3 Å². The Bertz CT molecular complexity index is 98.6. The fourth-order valence-corrected chi connectivity index (χ4v) is 0.218. The second kappa shape index (κ2) is 4.33. The van der Waals surface area contributed by atoms with Gasteiger partial charge in [-0.25, -0.2) is 5.11 Å². The zero-order valence-corrected chi connectivity index (χ0v) is 4.68. The average Bonchev–Trinajstić information content (AvgIpc) is 1.83. The molecule has 0 aliphatic heterocycles. The summed E-state index contributed by atoms with van der Waals surface area (Å²) in [6.07, 6.45) is 3.08. The van der Waals surface area contributed by atoms with Crippen molar-refractivity contribution in [2.75, 3.05) is 6.61 Å². The zero-order chi connectivity index (χ0) is 6.41. The second-order valence-corrected chi connectivity index (χ2v) is 1.21. The van der Waals surface area contributed by atoms with Crippen molar-refractivity contribution < 1.29 is 9.90 Å². The lowest BCUT2D eigenvalue weighted by atomic mass is 10.6. The van der Waals surface area contributed by atoms with Crippen molar-refractivity contribution in [3.8, 4) is 0 Å². The summed E-state index contributed by atoms with van der Waals surface area (Å²) in [6.45, 7) is 1.05. The topological polar surface area (TPSA) is 49.0 Å². The van der Waals surface area contributed by atoms with Crippen LogP contribution in [0.15, 0.2) is 12.3 Å². The maximum absolute atomic E-state index is 10.1. The summed E-state index contributed by atoms with van der Waals surface area (Å²) in [7, 11) is 0. The SMILES string of the molecule is C/C=C\NC(=O)C[O]. The van der Waals surface area contributed by atoms with Crippen molar-refractivity contribution in [2.45, 2.75) is 6.92 Å². The van der Waals surface area contributed by atoms with E-state index in [2.05, 4.69) is 5.32 Å². The molecule has 8 heavy (non-hydrogen) atoms. The van der Waals surface area contributed by atoms with E-state index < -0.39 is 12.5 Å². The fraction of sp³-hybridized carbons (Fsp3) is 0.400. The average molecular weight is 114 g/mol. The van der Waals surface area contributed by atoms with E-state index in [9.17, 15) is 9.90 Å². The molecule has 0 aromatic heterocycles. The van der Waals surface area contributed by atoms with Gasteiger partial charge in [0.25, 0.3) is 5.91 Å². The predicted octanol–water partition coefficient (Wildman–Crippen LogP) is 0.0667. The lowest BCUT2D eigenvalue weighted by Gasteiger charge is -1.88. The molecule has 0 heterocycles. The molecule has 0 saturated carbocycles. The summed E-state index contributed by atoms with van der Waals surface area (Å²) in [5.41, 5.74) is 0. The predicted molar refractivity (Wildman–Crippen MR) is 28.5 cm³/mol. The van der Waals surface area contributed by atoms with Crippen LogP contribution in [-0.4, -0.2) is 12.5 Å². The lowest BCUT2D eigenvalue weighted by molar-refractivity contribution is -0.124. The van der Waals surface area contributed by atoms with Gasteiger partial charge >= 0.3 is 0 Å². The fourth-order valence-electron chi connectivity index (χ4n) is 0.218. The summed E-state index contributed by atoms with van der Waals surface area (Å²) in [5.74, 6) is -0.497. The van der Waals surface area contributed by atoms with E-state index in [1.807, 2.05) is 0 Å². The minimum atomic E-state index is -0.704. The summed E-state index contributed by atoms with van der Waals surface area (Å²) < 4.78 is 0. The summed E-state index contributed by atoms with van der Waals surface area (Å²) >= 11 is 0. The van der Waals surface area contributed by atoms with Crippen molar-refractivity contribution in [3.63, 3.8) is 0 Å². The smallest absolute Gasteiger partial charge is 0.253 e. The molecule has 1 N–H and O–H groups in total. The Morgan fingerprint density at radius 3 is 2.75 bits per heavy atom. The summed E-state index contributed by atoms with van der Waals surface area (Å²) in [6, 6.07) is 0. The molecule has 0 saturated heterocycles. The Labute approximate surface area is 48.0 Å². The molecule has 0 aromatic carbocycles. The molecule has 0 rings (SSSR count). The number of carbonyl (C=O) groups excluding carboxylic acids is 1. The molecule has 0 fully saturated rings. The van der Waals surface area contributed by atoms with Crippen molar-refractivity contribution >= 4 is 5.91 Å². The van der Waals surface area contributed by atoms with Crippen LogP contribution in [-0.2, 0) is 9.90 Å². The van der Waals surface area contributed by atoms with Crippen LogP contribution in [0.2, 0.25) is 0 Å². The van der Waals surface area contributed by atoms with E-state index in [-0.39, 0.29) is 0 Å². The largest absolute Gasteiger partial charge is 0.331 e. The Morgan fingerprint density at radius 1 is 1.75 bits per heavy atom. The first-order valence-corrected chi connectivity index (χ1v) is 2.30. The van der Waals surface area contributed by atoms with E-state index >= 15 is 0 Å². The number of hydrogen-bond donors (Lipinski definition) is 1. The highest BCUT2D eigenvalue weighted by Crippen LogP contribution is 1.64. The van der Waals surface area contributed by atoms with Crippen LogP contribution in [0.1, 0.15) is 6.92 Å². The van der Waals surface area contributed by atoms with Gasteiger partial charge in [0.2, 0.25) is 0 Å². The summed E-state index contributed by atoms with van der Waals surface area (Å²) in [5, 5.41) is 11.9. The monoisotopic (exact) mass is 114 g/mol. The molecule has 3 heteroatoms. The number of hydrogen-bond acceptors (Lipinski definition) is 1. The highest BCUT2D eigenvalue weighted by Gasteiger charge is 1.90. The van der Waals surface area contributed by atoms with Gasteiger partial charge in [0.05, 0.1) is 0 Å². The van der Waals surface area contributed by atoms with Crippen molar-refractivity contribution in [2.24, 2.45) is 0 Å². The van der Waals surface area contributed by atoms with Crippen molar-refractivity contribution in [1.29, 1.82) is 0 Å². The molecular formula is C5H8NO2. The molecular weight excluding hydrogens is 106 g/mol. The van der Waals surface area contributed by atoms with Crippen LogP contribution < -0.4 is 5.32 Å². The minimum Gasteiger partial charge on any atom is -0.331 e. The molecule has 1 amide bonds. The third-order valence-corrected chi connectivity index (χ3v) is 0.542. The molecule has 45 valence electrons. The molecule has 0 aliphatic rings. The molecule has 0 unspecified atom stereocenters. The third-order valence-electron chi connectivity index (χ3n) is 0.542.